The van der Waals surface area contributed by atoms with Crippen molar-refractivity contribution in [2.24, 2.45) is 0 Å². The number of hydrogen-bond acceptors (Lipinski definition) is 5. The summed E-state index contributed by atoms with van der Waals surface area (Å²) in [4.78, 5) is 37.7. The molecule has 0 aliphatic carbocycles. The predicted octanol–water partition coefficient (Wildman–Crippen LogP) is -2.23. The molecule has 0 spiro atoms. The van der Waals surface area contributed by atoms with Crippen LogP contribution in [0.15, 0.2) is 0 Å². The predicted molar refractivity (Wildman–Crippen MR) is 63.7 cm³/mol. The summed E-state index contributed by atoms with van der Waals surface area (Å²) in [7, 11) is 0. The van der Waals surface area contributed by atoms with Gasteiger partial charge in [0.25, 0.3) is 0 Å². The molecule has 0 aromatic carbocycles. The van der Waals surface area contributed by atoms with Gasteiger partial charge in [0.2, 0.25) is 17.7 Å². The molecule has 2 heterocycles. The average Bonchev–Trinajstić information content (AvgIpc) is 2.36. The lowest BCUT2D eigenvalue weighted by Gasteiger charge is -2.29. The topological polar surface area (TPSA) is 81.8 Å². The van der Waals surface area contributed by atoms with E-state index < -0.39 is 0 Å². The Balaban J connectivity index is 1.74. The van der Waals surface area contributed by atoms with Crippen LogP contribution in [0, 0.1) is 0 Å². The monoisotopic (exact) mass is 254 g/mol. The van der Waals surface area contributed by atoms with Gasteiger partial charge < -0.3 is 10.2 Å². The van der Waals surface area contributed by atoms with E-state index in [1.165, 1.54) is 0 Å². The third kappa shape index (κ3) is 3.51. The molecule has 2 fully saturated rings. The summed E-state index contributed by atoms with van der Waals surface area (Å²) in [5.41, 5.74) is 0. The highest BCUT2D eigenvalue weighted by Gasteiger charge is 2.23. The van der Waals surface area contributed by atoms with Gasteiger partial charge in [-0.3, -0.25) is 24.6 Å². The molecule has 3 amide bonds. The molecule has 7 nitrogen and oxygen atoms in total. The third-order valence-corrected chi connectivity index (χ3v) is 3.12. The summed E-state index contributed by atoms with van der Waals surface area (Å²) < 4.78 is 0. The number of carbonyl (C=O) groups is 3. The van der Waals surface area contributed by atoms with Crippen molar-refractivity contribution in [3.63, 3.8) is 0 Å². The average molecular weight is 254 g/mol. The zero-order valence-corrected chi connectivity index (χ0v) is 10.3. The van der Waals surface area contributed by atoms with Crippen LogP contribution in [0.2, 0.25) is 0 Å². The van der Waals surface area contributed by atoms with Gasteiger partial charge in [0.1, 0.15) is 0 Å². The number of rotatable bonds is 3. The quantitative estimate of drug-likeness (QED) is 0.557. The van der Waals surface area contributed by atoms with E-state index in [0.717, 1.165) is 26.2 Å². The first-order valence-corrected chi connectivity index (χ1v) is 6.18. The SMILES string of the molecule is O=C1CN(CCC(=O)N2CCNCC2)CC(=O)N1. The number of nitrogens with zero attached hydrogens (tertiary/aromatic N) is 2. The summed E-state index contributed by atoms with van der Waals surface area (Å²) in [6, 6.07) is 0. The molecule has 0 aromatic heterocycles. The zero-order valence-electron chi connectivity index (χ0n) is 10.3. The van der Waals surface area contributed by atoms with Crippen LogP contribution in [-0.4, -0.2) is 73.3 Å². The Morgan fingerprint density at radius 3 is 2.33 bits per heavy atom. The summed E-state index contributed by atoms with van der Waals surface area (Å²) in [6.07, 6.45) is 0.362. The minimum atomic E-state index is -0.291. The van der Waals surface area contributed by atoms with E-state index in [1.54, 1.807) is 4.90 Å². The van der Waals surface area contributed by atoms with Crippen LogP contribution in [0.3, 0.4) is 0 Å². The lowest BCUT2D eigenvalue weighted by molar-refractivity contribution is -0.138. The first-order chi connectivity index (χ1) is 8.65. The Labute approximate surface area is 105 Å². The van der Waals surface area contributed by atoms with E-state index in [1.807, 2.05) is 4.90 Å². The molecule has 2 saturated heterocycles. The standard InChI is InChI=1S/C11H18N4O3/c16-9-7-14(8-10(17)13-9)4-1-11(18)15-5-2-12-3-6-15/h12H,1-8H2,(H,13,16,17). The molecular formula is C11H18N4O3. The number of imide groups is 1. The number of amides is 3. The second kappa shape index (κ2) is 5.92. The van der Waals surface area contributed by atoms with Crippen LogP contribution >= 0.6 is 0 Å². The largest absolute Gasteiger partial charge is 0.340 e. The van der Waals surface area contributed by atoms with Gasteiger partial charge in [0.15, 0.2) is 0 Å². The maximum atomic E-state index is 11.9. The van der Waals surface area contributed by atoms with E-state index in [0.29, 0.717) is 13.0 Å². The van der Waals surface area contributed by atoms with Crippen LogP contribution in [0.25, 0.3) is 0 Å². The molecule has 2 aliphatic heterocycles. The van der Waals surface area contributed by atoms with Gasteiger partial charge in [-0.2, -0.15) is 0 Å². The third-order valence-electron chi connectivity index (χ3n) is 3.12. The molecule has 0 radical (unpaired) electrons. The van der Waals surface area contributed by atoms with Gasteiger partial charge >= 0.3 is 0 Å². The van der Waals surface area contributed by atoms with Gasteiger partial charge in [0.05, 0.1) is 13.1 Å². The summed E-state index contributed by atoms with van der Waals surface area (Å²) >= 11 is 0. The molecule has 2 N–H and O–H groups in total. The Morgan fingerprint density at radius 1 is 1.11 bits per heavy atom. The highest BCUT2D eigenvalue weighted by molar-refractivity contribution is 5.99. The number of hydrogen-bond donors (Lipinski definition) is 2. The summed E-state index contributed by atoms with van der Waals surface area (Å²) in [5, 5.41) is 5.42. The van der Waals surface area contributed by atoms with Crippen molar-refractivity contribution >= 4 is 17.7 Å². The molecule has 0 bridgehead atoms. The van der Waals surface area contributed by atoms with Gasteiger partial charge in [-0.15, -0.1) is 0 Å². The van der Waals surface area contributed by atoms with Crippen LogP contribution in [0.5, 0.6) is 0 Å². The smallest absolute Gasteiger partial charge is 0.240 e. The van der Waals surface area contributed by atoms with Crippen LogP contribution in [0.1, 0.15) is 6.42 Å². The van der Waals surface area contributed by atoms with Gasteiger partial charge in [-0.1, -0.05) is 0 Å². The minimum Gasteiger partial charge on any atom is -0.340 e. The molecule has 2 rings (SSSR count). The van der Waals surface area contributed by atoms with Crippen molar-refractivity contribution in [3.8, 4) is 0 Å². The number of carbonyl (C=O) groups excluding carboxylic acids is 3. The van der Waals surface area contributed by atoms with Gasteiger partial charge in [-0.25, -0.2) is 0 Å². The van der Waals surface area contributed by atoms with Crippen molar-refractivity contribution in [1.29, 1.82) is 0 Å². The molecule has 0 unspecified atom stereocenters. The lowest BCUT2D eigenvalue weighted by atomic mass is 10.2. The maximum Gasteiger partial charge on any atom is 0.240 e. The fourth-order valence-corrected chi connectivity index (χ4v) is 2.18. The van der Waals surface area contributed by atoms with Crippen molar-refractivity contribution < 1.29 is 14.4 Å². The van der Waals surface area contributed by atoms with Gasteiger partial charge in [0, 0.05) is 39.1 Å². The molecule has 18 heavy (non-hydrogen) atoms. The van der Waals surface area contributed by atoms with Crippen molar-refractivity contribution in [2.45, 2.75) is 6.42 Å². The second-order valence-electron chi connectivity index (χ2n) is 4.56. The minimum absolute atomic E-state index is 0.0925. The van der Waals surface area contributed by atoms with Crippen LogP contribution < -0.4 is 10.6 Å². The molecule has 0 saturated carbocycles. The highest BCUT2D eigenvalue weighted by atomic mass is 16.2. The summed E-state index contributed by atoms with van der Waals surface area (Å²) in [5.74, 6) is -0.489. The Bertz CT molecular complexity index is 336. The Hall–Kier alpha value is -1.47. The summed E-state index contributed by atoms with van der Waals surface area (Å²) in [6.45, 7) is 3.98. The molecule has 0 atom stereocenters. The fourth-order valence-electron chi connectivity index (χ4n) is 2.18. The molecule has 0 aromatic rings. The normalized spacial score (nSPS) is 21.9. The zero-order chi connectivity index (χ0) is 13.0. The van der Waals surface area contributed by atoms with Crippen molar-refractivity contribution in [2.75, 3.05) is 45.8 Å². The van der Waals surface area contributed by atoms with Crippen LogP contribution in [-0.2, 0) is 14.4 Å². The first kappa shape index (κ1) is 13.0. The number of piperazine rings is 2. The van der Waals surface area contributed by atoms with E-state index in [2.05, 4.69) is 10.6 Å². The molecular weight excluding hydrogens is 236 g/mol. The molecule has 7 heteroatoms. The van der Waals surface area contributed by atoms with E-state index in [-0.39, 0.29) is 30.8 Å². The van der Waals surface area contributed by atoms with E-state index >= 15 is 0 Å². The molecule has 2 aliphatic rings. The number of nitrogens with one attached hydrogen (secondary N) is 2. The van der Waals surface area contributed by atoms with E-state index in [9.17, 15) is 14.4 Å². The Morgan fingerprint density at radius 2 is 1.72 bits per heavy atom. The first-order valence-electron chi connectivity index (χ1n) is 6.18. The molecule has 100 valence electrons. The van der Waals surface area contributed by atoms with Crippen molar-refractivity contribution in [3.05, 3.63) is 0 Å². The second-order valence-corrected chi connectivity index (χ2v) is 4.56. The van der Waals surface area contributed by atoms with E-state index in [4.69, 9.17) is 0 Å². The van der Waals surface area contributed by atoms with Crippen molar-refractivity contribution in [1.82, 2.24) is 20.4 Å². The fraction of sp³-hybridized carbons (Fsp3) is 0.727. The maximum absolute atomic E-state index is 11.9. The van der Waals surface area contributed by atoms with Gasteiger partial charge in [-0.05, 0) is 0 Å². The highest BCUT2D eigenvalue weighted by Crippen LogP contribution is 2.01. The Kier molecular flexibility index (Phi) is 4.27. The lowest BCUT2D eigenvalue weighted by Crippen LogP contribution is -2.52. The van der Waals surface area contributed by atoms with Crippen LogP contribution in [0.4, 0.5) is 0 Å².